The highest BCUT2D eigenvalue weighted by molar-refractivity contribution is 6.35. The summed E-state index contributed by atoms with van der Waals surface area (Å²) in [5.41, 5.74) is 1.58. The van der Waals surface area contributed by atoms with Gasteiger partial charge < -0.3 is 25.0 Å². The Labute approximate surface area is 199 Å². The Hall–Kier alpha value is -1.67. The number of hydrogen-bond donors (Lipinski definition) is 3. The minimum Gasteiger partial charge on any atom is -0.507 e. The molecule has 0 aliphatic heterocycles. The Morgan fingerprint density at radius 1 is 0.969 bits per heavy atom. The molecule has 176 valence electrons. The number of unbranched alkanes of at least 4 members (excludes halogenated alkanes) is 3. The predicted octanol–water partition coefficient (Wildman–Crippen LogP) is 4.93. The van der Waals surface area contributed by atoms with E-state index in [1.54, 1.807) is 24.3 Å². The van der Waals surface area contributed by atoms with Crippen molar-refractivity contribution >= 4 is 29.5 Å². The summed E-state index contributed by atoms with van der Waals surface area (Å²) < 4.78 is 11.2. The summed E-state index contributed by atoms with van der Waals surface area (Å²) in [5, 5.41) is 24.1. The molecule has 3 N–H and O–H groups in total. The van der Waals surface area contributed by atoms with Gasteiger partial charge >= 0.3 is 0 Å². The van der Waals surface area contributed by atoms with Crippen molar-refractivity contribution in [3.05, 3.63) is 63.1 Å². The molecule has 0 aliphatic carbocycles. The molecule has 2 aromatic carbocycles. The standard InChI is InChI=1S/C24H31Cl2NO5/c25-21-6-5-7-22(26)20(21)17-32-13-12-31-11-4-2-1-3-10-27-15-24(30)18-8-9-23(29)19(14-18)16-28/h5-9,14,16,24,27,29-30H,1-4,10-13,15,17H2/t24-/m0/s1. The van der Waals surface area contributed by atoms with Gasteiger partial charge in [-0.1, -0.05) is 48.2 Å². The number of hydrogen-bond acceptors (Lipinski definition) is 6. The highest BCUT2D eigenvalue weighted by Gasteiger charge is 2.10. The van der Waals surface area contributed by atoms with Crippen LogP contribution in [0, 0.1) is 0 Å². The number of benzene rings is 2. The van der Waals surface area contributed by atoms with Gasteiger partial charge in [-0.3, -0.25) is 4.79 Å². The van der Waals surface area contributed by atoms with Crippen molar-refractivity contribution in [3.63, 3.8) is 0 Å². The van der Waals surface area contributed by atoms with Crippen molar-refractivity contribution in [2.24, 2.45) is 0 Å². The maximum atomic E-state index is 10.9. The largest absolute Gasteiger partial charge is 0.507 e. The Morgan fingerprint density at radius 2 is 1.69 bits per heavy atom. The van der Waals surface area contributed by atoms with Crippen LogP contribution in [0.3, 0.4) is 0 Å². The third-order valence-electron chi connectivity index (χ3n) is 4.97. The third-order valence-corrected chi connectivity index (χ3v) is 5.68. The Bertz CT molecular complexity index is 814. The quantitative estimate of drug-likeness (QED) is 0.231. The van der Waals surface area contributed by atoms with Gasteiger partial charge in [0.25, 0.3) is 0 Å². The van der Waals surface area contributed by atoms with Gasteiger partial charge in [0, 0.05) is 28.8 Å². The van der Waals surface area contributed by atoms with E-state index in [0.717, 1.165) is 37.8 Å². The molecule has 0 spiro atoms. The first-order valence-corrected chi connectivity index (χ1v) is 11.5. The maximum Gasteiger partial charge on any atom is 0.153 e. The fourth-order valence-electron chi connectivity index (χ4n) is 3.10. The van der Waals surface area contributed by atoms with Crippen LogP contribution in [-0.2, 0) is 16.1 Å². The molecule has 0 amide bonds. The SMILES string of the molecule is O=Cc1cc([C@@H](O)CNCCCCCCOCCOCc2c(Cl)cccc2Cl)ccc1O. The van der Waals surface area contributed by atoms with Crippen molar-refractivity contribution < 1.29 is 24.5 Å². The Balaban J connectivity index is 1.42. The number of rotatable bonds is 16. The zero-order valence-corrected chi connectivity index (χ0v) is 19.6. The summed E-state index contributed by atoms with van der Waals surface area (Å²) >= 11 is 12.2. The third kappa shape index (κ3) is 9.45. The molecule has 2 rings (SSSR count). The number of nitrogens with one attached hydrogen (secondary N) is 1. The van der Waals surface area contributed by atoms with E-state index in [1.807, 2.05) is 0 Å². The molecular weight excluding hydrogens is 453 g/mol. The first-order valence-electron chi connectivity index (χ1n) is 10.8. The van der Waals surface area contributed by atoms with Crippen molar-refractivity contribution in [3.8, 4) is 5.75 Å². The highest BCUT2D eigenvalue weighted by atomic mass is 35.5. The van der Waals surface area contributed by atoms with Gasteiger partial charge in [-0.05, 0) is 49.2 Å². The van der Waals surface area contributed by atoms with Crippen LogP contribution in [-0.4, -0.2) is 49.4 Å². The molecule has 6 nitrogen and oxygen atoms in total. The molecule has 0 unspecified atom stereocenters. The van der Waals surface area contributed by atoms with Crippen molar-refractivity contribution in [2.45, 2.75) is 38.4 Å². The lowest BCUT2D eigenvalue weighted by molar-refractivity contribution is 0.0393. The number of aromatic hydroxyl groups is 1. The summed E-state index contributed by atoms with van der Waals surface area (Å²) in [4.78, 5) is 10.9. The number of phenols is 1. The number of aliphatic hydroxyl groups excluding tert-OH is 1. The van der Waals surface area contributed by atoms with E-state index in [-0.39, 0.29) is 11.3 Å². The fraction of sp³-hybridized carbons (Fsp3) is 0.458. The molecule has 32 heavy (non-hydrogen) atoms. The first-order chi connectivity index (χ1) is 15.5. The van der Waals surface area contributed by atoms with E-state index in [4.69, 9.17) is 32.7 Å². The molecule has 0 aliphatic rings. The average molecular weight is 484 g/mol. The molecule has 1 atom stereocenters. The van der Waals surface area contributed by atoms with Crippen LogP contribution in [0.5, 0.6) is 5.75 Å². The normalized spacial score (nSPS) is 12.1. The highest BCUT2D eigenvalue weighted by Crippen LogP contribution is 2.24. The zero-order valence-electron chi connectivity index (χ0n) is 18.1. The summed E-state index contributed by atoms with van der Waals surface area (Å²) in [6, 6.07) is 9.93. The first kappa shape index (κ1) is 26.6. The van der Waals surface area contributed by atoms with Crippen molar-refractivity contribution in [1.82, 2.24) is 5.32 Å². The van der Waals surface area contributed by atoms with Gasteiger partial charge in [0.15, 0.2) is 6.29 Å². The number of ether oxygens (including phenoxy) is 2. The number of carbonyl (C=O) groups is 1. The van der Waals surface area contributed by atoms with Crippen LogP contribution in [0.1, 0.15) is 53.3 Å². The van der Waals surface area contributed by atoms with Gasteiger partial charge in [0.2, 0.25) is 0 Å². The topological polar surface area (TPSA) is 88.0 Å². The van der Waals surface area contributed by atoms with Crippen LogP contribution < -0.4 is 5.32 Å². The molecule has 2 aromatic rings. The van der Waals surface area contributed by atoms with E-state index < -0.39 is 6.10 Å². The second-order valence-corrected chi connectivity index (χ2v) is 8.25. The second-order valence-electron chi connectivity index (χ2n) is 7.44. The zero-order chi connectivity index (χ0) is 23.2. The summed E-state index contributed by atoms with van der Waals surface area (Å²) in [7, 11) is 0. The van der Waals surface area contributed by atoms with E-state index >= 15 is 0 Å². The van der Waals surface area contributed by atoms with Gasteiger partial charge in [-0.25, -0.2) is 0 Å². The molecule has 0 saturated carbocycles. The number of phenolic OH excluding ortho intramolecular Hbond substituents is 1. The van der Waals surface area contributed by atoms with Crippen LogP contribution in [0.4, 0.5) is 0 Å². The fourth-order valence-corrected chi connectivity index (χ4v) is 3.61. The van der Waals surface area contributed by atoms with E-state index in [1.165, 1.54) is 12.1 Å². The molecular formula is C24H31Cl2NO5. The van der Waals surface area contributed by atoms with Crippen LogP contribution in [0.15, 0.2) is 36.4 Å². The number of carbonyl (C=O) groups excluding carboxylic acids is 1. The maximum absolute atomic E-state index is 10.9. The minimum atomic E-state index is -0.723. The molecule has 0 aromatic heterocycles. The predicted molar refractivity (Wildman–Crippen MR) is 127 cm³/mol. The summed E-state index contributed by atoms with van der Waals surface area (Å²) in [6.45, 7) is 3.28. The lowest BCUT2D eigenvalue weighted by atomic mass is 10.1. The molecule has 0 radical (unpaired) electrons. The Kier molecular flexibility index (Phi) is 12.6. The minimum absolute atomic E-state index is 0.0811. The van der Waals surface area contributed by atoms with Gasteiger partial charge in [0.05, 0.1) is 31.5 Å². The second kappa shape index (κ2) is 15.2. The Morgan fingerprint density at radius 3 is 2.44 bits per heavy atom. The smallest absolute Gasteiger partial charge is 0.153 e. The van der Waals surface area contributed by atoms with Gasteiger partial charge in [-0.2, -0.15) is 0 Å². The van der Waals surface area contributed by atoms with E-state index in [2.05, 4.69) is 5.32 Å². The van der Waals surface area contributed by atoms with E-state index in [9.17, 15) is 15.0 Å². The van der Waals surface area contributed by atoms with Crippen LogP contribution in [0.25, 0.3) is 0 Å². The monoisotopic (exact) mass is 483 g/mol. The molecule has 0 bridgehead atoms. The molecule has 0 heterocycles. The molecule has 0 fully saturated rings. The van der Waals surface area contributed by atoms with Crippen LogP contribution >= 0.6 is 23.2 Å². The van der Waals surface area contributed by atoms with Gasteiger partial charge in [0.1, 0.15) is 5.75 Å². The summed E-state index contributed by atoms with van der Waals surface area (Å²) in [5.74, 6) is -0.0811. The molecule has 8 heteroatoms. The van der Waals surface area contributed by atoms with Crippen molar-refractivity contribution in [1.29, 1.82) is 0 Å². The lowest BCUT2D eigenvalue weighted by Gasteiger charge is -2.13. The number of halogens is 2. The average Bonchev–Trinajstić information content (AvgIpc) is 2.78. The van der Waals surface area contributed by atoms with Crippen molar-refractivity contribution in [2.75, 3.05) is 32.9 Å². The number of aldehydes is 1. The van der Waals surface area contributed by atoms with Crippen LogP contribution in [0.2, 0.25) is 10.0 Å². The van der Waals surface area contributed by atoms with E-state index in [0.29, 0.717) is 54.9 Å². The van der Waals surface area contributed by atoms with Gasteiger partial charge in [-0.15, -0.1) is 0 Å². The summed E-state index contributed by atoms with van der Waals surface area (Å²) in [6.07, 6.45) is 3.99. The lowest BCUT2D eigenvalue weighted by Crippen LogP contribution is -2.22. The number of aliphatic hydroxyl groups is 1. The molecule has 0 saturated heterocycles.